The number of nitrogens with one attached hydrogen (secondary N) is 1. The zero-order chi connectivity index (χ0) is 14.6. The van der Waals surface area contributed by atoms with Crippen LogP contribution in [0.3, 0.4) is 0 Å². The van der Waals surface area contributed by atoms with Crippen LogP contribution >= 0.6 is 34.8 Å². The third-order valence-electron chi connectivity index (χ3n) is 3.24. The van der Waals surface area contributed by atoms with Gasteiger partial charge in [0.2, 0.25) is 0 Å². The zero-order valence-corrected chi connectivity index (χ0v) is 14.2. The molecule has 1 N–H and O–H groups in total. The summed E-state index contributed by atoms with van der Waals surface area (Å²) >= 11 is 18.3. The Balaban J connectivity index is 2.68. The molecule has 108 valence electrons. The zero-order valence-electron chi connectivity index (χ0n) is 11.9. The first-order valence-electron chi connectivity index (χ1n) is 6.72. The van der Waals surface area contributed by atoms with Crippen LogP contribution in [0.4, 0.5) is 0 Å². The average Bonchev–Trinajstić information content (AvgIpc) is 2.33. The van der Waals surface area contributed by atoms with Crippen molar-refractivity contribution in [2.45, 2.75) is 52.6 Å². The monoisotopic (exact) mass is 321 g/mol. The second-order valence-electron chi connectivity index (χ2n) is 5.53. The summed E-state index contributed by atoms with van der Waals surface area (Å²) in [6.07, 6.45) is 2.37. The first-order chi connectivity index (χ1) is 8.82. The number of halogens is 3. The van der Waals surface area contributed by atoms with Gasteiger partial charge in [-0.2, -0.15) is 0 Å². The molecule has 1 aromatic rings. The van der Waals surface area contributed by atoms with Gasteiger partial charge in [0.1, 0.15) is 0 Å². The van der Waals surface area contributed by atoms with Crippen molar-refractivity contribution in [1.29, 1.82) is 0 Å². The molecule has 0 aliphatic carbocycles. The molecule has 0 saturated carbocycles. The highest BCUT2D eigenvalue weighted by Gasteiger charge is 2.16. The summed E-state index contributed by atoms with van der Waals surface area (Å²) in [6, 6.07) is 4.33. The molecule has 19 heavy (non-hydrogen) atoms. The van der Waals surface area contributed by atoms with Gasteiger partial charge in [0.25, 0.3) is 0 Å². The second kappa shape index (κ2) is 7.73. The largest absolute Gasteiger partial charge is 0.308 e. The maximum atomic E-state index is 6.25. The Labute approximate surface area is 131 Å². The van der Waals surface area contributed by atoms with Crippen molar-refractivity contribution >= 4 is 34.8 Å². The lowest BCUT2D eigenvalue weighted by atomic mass is 10.0. The van der Waals surface area contributed by atoms with Crippen LogP contribution in [0.2, 0.25) is 15.1 Å². The van der Waals surface area contributed by atoms with Gasteiger partial charge in [0, 0.05) is 12.1 Å². The van der Waals surface area contributed by atoms with E-state index in [-0.39, 0.29) is 6.04 Å². The van der Waals surface area contributed by atoms with Crippen LogP contribution in [-0.4, -0.2) is 6.04 Å². The van der Waals surface area contributed by atoms with Crippen molar-refractivity contribution in [1.82, 2.24) is 5.32 Å². The molecule has 1 aromatic carbocycles. The molecule has 2 atom stereocenters. The van der Waals surface area contributed by atoms with Gasteiger partial charge in [-0.25, -0.2) is 0 Å². The summed E-state index contributed by atoms with van der Waals surface area (Å²) in [5.74, 6) is 0.730. The second-order valence-corrected chi connectivity index (χ2v) is 6.69. The van der Waals surface area contributed by atoms with Crippen molar-refractivity contribution < 1.29 is 0 Å². The van der Waals surface area contributed by atoms with Gasteiger partial charge in [-0.05, 0) is 44.2 Å². The fourth-order valence-corrected chi connectivity index (χ4v) is 2.76. The summed E-state index contributed by atoms with van der Waals surface area (Å²) in [5, 5.41) is 5.03. The third kappa shape index (κ3) is 5.15. The molecule has 0 amide bonds. The minimum atomic E-state index is 0.157. The first kappa shape index (κ1) is 17.1. The van der Waals surface area contributed by atoms with Crippen LogP contribution < -0.4 is 5.32 Å². The summed E-state index contributed by atoms with van der Waals surface area (Å²) < 4.78 is 0. The van der Waals surface area contributed by atoms with Crippen molar-refractivity contribution in [3.63, 3.8) is 0 Å². The van der Waals surface area contributed by atoms with Gasteiger partial charge < -0.3 is 5.32 Å². The van der Waals surface area contributed by atoms with Crippen LogP contribution in [0.25, 0.3) is 0 Å². The maximum Gasteiger partial charge on any atom is 0.0781 e. The van der Waals surface area contributed by atoms with E-state index < -0.39 is 0 Å². The Hall–Kier alpha value is 0.0500. The fraction of sp³-hybridized carbons (Fsp3) is 0.600. The first-order valence-corrected chi connectivity index (χ1v) is 7.85. The molecule has 0 aliphatic rings. The smallest absolute Gasteiger partial charge is 0.0781 e. The lowest BCUT2D eigenvalue weighted by Crippen LogP contribution is -2.29. The minimum absolute atomic E-state index is 0.157. The van der Waals surface area contributed by atoms with Crippen LogP contribution in [0, 0.1) is 5.92 Å². The number of hydrogen-bond acceptors (Lipinski definition) is 1. The van der Waals surface area contributed by atoms with E-state index >= 15 is 0 Å². The number of hydrogen-bond donors (Lipinski definition) is 1. The van der Waals surface area contributed by atoms with Gasteiger partial charge in [-0.15, -0.1) is 0 Å². The number of rotatable bonds is 6. The van der Waals surface area contributed by atoms with Crippen molar-refractivity contribution in [3.05, 3.63) is 32.8 Å². The molecule has 0 aromatic heterocycles. The highest BCUT2D eigenvalue weighted by molar-refractivity contribution is 6.48. The molecule has 0 radical (unpaired) electrons. The Morgan fingerprint density at radius 2 is 1.58 bits per heavy atom. The van der Waals surface area contributed by atoms with Gasteiger partial charge in [0.15, 0.2) is 0 Å². The van der Waals surface area contributed by atoms with E-state index in [1.54, 1.807) is 6.07 Å². The van der Waals surface area contributed by atoms with Gasteiger partial charge in [-0.1, -0.05) is 54.7 Å². The quantitative estimate of drug-likeness (QED) is 0.622. The standard InChI is InChI=1S/C15H22Cl3N/c1-9(2)5-6-10(3)19-11(4)12-7-8-13(16)15(18)14(12)17/h7-11,19H,5-6H2,1-4H3. The molecule has 2 unspecified atom stereocenters. The average molecular weight is 323 g/mol. The van der Waals surface area contributed by atoms with Gasteiger partial charge in [0.05, 0.1) is 15.1 Å². The van der Waals surface area contributed by atoms with Crippen molar-refractivity contribution in [2.24, 2.45) is 5.92 Å². The third-order valence-corrected chi connectivity index (χ3v) is 4.55. The highest BCUT2D eigenvalue weighted by atomic mass is 35.5. The maximum absolute atomic E-state index is 6.25. The fourth-order valence-electron chi connectivity index (χ4n) is 2.06. The highest BCUT2D eigenvalue weighted by Crippen LogP contribution is 2.35. The van der Waals surface area contributed by atoms with E-state index in [1.165, 1.54) is 6.42 Å². The summed E-state index contributed by atoms with van der Waals surface area (Å²) in [5.41, 5.74) is 0.993. The van der Waals surface area contributed by atoms with Crippen LogP contribution in [-0.2, 0) is 0 Å². The summed E-state index contributed by atoms with van der Waals surface area (Å²) in [6.45, 7) is 8.78. The molecular weight excluding hydrogens is 301 g/mol. The number of benzene rings is 1. The van der Waals surface area contributed by atoms with Crippen molar-refractivity contribution in [3.8, 4) is 0 Å². The molecule has 4 heteroatoms. The van der Waals surface area contributed by atoms with Gasteiger partial charge >= 0.3 is 0 Å². The molecule has 0 saturated heterocycles. The minimum Gasteiger partial charge on any atom is -0.308 e. The van der Waals surface area contributed by atoms with Crippen LogP contribution in [0.15, 0.2) is 12.1 Å². The Bertz CT molecular complexity index is 418. The summed E-state index contributed by atoms with van der Waals surface area (Å²) in [4.78, 5) is 0. The normalized spacial score (nSPS) is 14.7. The molecule has 0 heterocycles. The predicted octanol–water partition coefficient (Wildman–Crippen LogP) is 6.12. The Morgan fingerprint density at radius 3 is 2.16 bits per heavy atom. The van der Waals surface area contributed by atoms with Crippen LogP contribution in [0.1, 0.15) is 52.1 Å². The molecule has 0 spiro atoms. The van der Waals surface area contributed by atoms with Crippen molar-refractivity contribution in [2.75, 3.05) is 0 Å². The van der Waals surface area contributed by atoms with E-state index in [4.69, 9.17) is 34.8 Å². The lowest BCUT2D eigenvalue weighted by Gasteiger charge is -2.22. The van der Waals surface area contributed by atoms with E-state index in [2.05, 4.69) is 33.0 Å². The van der Waals surface area contributed by atoms with Gasteiger partial charge in [-0.3, -0.25) is 0 Å². The SMILES string of the molecule is CC(C)CCC(C)NC(C)c1ccc(Cl)c(Cl)c1Cl. The predicted molar refractivity (Wildman–Crippen MR) is 86.6 cm³/mol. The van der Waals surface area contributed by atoms with Crippen LogP contribution in [0.5, 0.6) is 0 Å². The summed E-state index contributed by atoms with van der Waals surface area (Å²) in [7, 11) is 0. The van der Waals surface area contributed by atoms with E-state index in [9.17, 15) is 0 Å². The topological polar surface area (TPSA) is 12.0 Å². The Morgan fingerprint density at radius 1 is 0.947 bits per heavy atom. The molecule has 0 fully saturated rings. The molecule has 0 aliphatic heterocycles. The van der Waals surface area contributed by atoms with E-state index in [1.807, 2.05) is 6.07 Å². The molecular formula is C15H22Cl3N. The molecule has 0 bridgehead atoms. The molecule has 1 nitrogen and oxygen atoms in total. The van der Waals surface area contributed by atoms with E-state index in [0.717, 1.165) is 17.9 Å². The van der Waals surface area contributed by atoms with E-state index in [0.29, 0.717) is 21.1 Å². The lowest BCUT2D eigenvalue weighted by molar-refractivity contribution is 0.417. The molecule has 1 rings (SSSR count). The Kier molecular flexibility index (Phi) is 6.96.